The predicted octanol–water partition coefficient (Wildman–Crippen LogP) is 3.37. The molecule has 7 nitrogen and oxygen atoms in total. The Bertz CT molecular complexity index is 954. The van der Waals surface area contributed by atoms with Gasteiger partial charge in [-0.25, -0.2) is 13.1 Å². The monoisotopic (exact) mass is 403 g/mol. The standard InChI is InChI=1S/C20H25N3O4S/c1-16-9-10-19(13-20(16)23(24)25)28(26,27)21-14-17-7-3-4-8-18(17)15-22-11-5-2-6-12-22/h3-4,7-10,13,21H,2,5-6,11-12,14-15H2,1H3. The number of hydrogen-bond acceptors (Lipinski definition) is 5. The summed E-state index contributed by atoms with van der Waals surface area (Å²) in [6, 6.07) is 11.7. The van der Waals surface area contributed by atoms with Gasteiger partial charge in [0.1, 0.15) is 0 Å². The first-order valence-electron chi connectivity index (χ1n) is 9.41. The minimum Gasteiger partial charge on any atom is -0.299 e. The first kappa shape index (κ1) is 20.4. The van der Waals surface area contributed by atoms with Gasteiger partial charge in [-0.15, -0.1) is 0 Å². The van der Waals surface area contributed by atoms with Crippen LogP contribution in [-0.4, -0.2) is 31.3 Å². The van der Waals surface area contributed by atoms with E-state index in [-0.39, 0.29) is 17.1 Å². The summed E-state index contributed by atoms with van der Waals surface area (Å²) in [5.41, 5.74) is 2.24. The number of nitrogens with one attached hydrogen (secondary N) is 1. The Labute approximate surface area is 165 Å². The summed E-state index contributed by atoms with van der Waals surface area (Å²) in [6.07, 6.45) is 3.66. The highest BCUT2D eigenvalue weighted by Gasteiger charge is 2.20. The van der Waals surface area contributed by atoms with Crippen LogP contribution in [0.5, 0.6) is 0 Å². The summed E-state index contributed by atoms with van der Waals surface area (Å²) >= 11 is 0. The molecule has 2 aromatic carbocycles. The van der Waals surface area contributed by atoms with Crippen molar-refractivity contribution < 1.29 is 13.3 Å². The lowest BCUT2D eigenvalue weighted by atomic mass is 10.1. The van der Waals surface area contributed by atoms with Gasteiger partial charge >= 0.3 is 0 Å². The van der Waals surface area contributed by atoms with E-state index in [1.54, 1.807) is 6.92 Å². The van der Waals surface area contributed by atoms with Crippen LogP contribution >= 0.6 is 0 Å². The van der Waals surface area contributed by atoms with Gasteiger partial charge in [-0.1, -0.05) is 36.8 Å². The number of aryl methyl sites for hydroxylation is 1. The normalized spacial score (nSPS) is 15.5. The van der Waals surface area contributed by atoms with E-state index in [4.69, 9.17) is 0 Å². The van der Waals surface area contributed by atoms with E-state index >= 15 is 0 Å². The van der Waals surface area contributed by atoms with Crippen LogP contribution in [0.25, 0.3) is 0 Å². The van der Waals surface area contributed by atoms with E-state index in [0.29, 0.717) is 5.56 Å². The maximum atomic E-state index is 12.6. The summed E-state index contributed by atoms with van der Waals surface area (Å²) in [6.45, 7) is 4.65. The van der Waals surface area contributed by atoms with Crippen LogP contribution in [0.1, 0.15) is 36.0 Å². The molecule has 1 aliphatic rings. The predicted molar refractivity (Wildman–Crippen MR) is 107 cm³/mol. The molecule has 0 aromatic heterocycles. The number of hydrogen-bond donors (Lipinski definition) is 1. The Hall–Kier alpha value is -2.29. The van der Waals surface area contributed by atoms with E-state index in [2.05, 4.69) is 9.62 Å². The van der Waals surface area contributed by atoms with Gasteiger partial charge in [0.25, 0.3) is 5.69 Å². The third kappa shape index (κ3) is 4.95. The van der Waals surface area contributed by atoms with E-state index in [0.717, 1.165) is 36.8 Å². The van der Waals surface area contributed by atoms with E-state index in [1.807, 2.05) is 24.3 Å². The maximum Gasteiger partial charge on any atom is 0.273 e. The van der Waals surface area contributed by atoms with Crippen molar-refractivity contribution >= 4 is 15.7 Å². The summed E-state index contributed by atoms with van der Waals surface area (Å²) < 4.78 is 27.9. The zero-order chi connectivity index (χ0) is 20.1. The van der Waals surface area contributed by atoms with E-state index < -0.39 is 14.9 Å². The number of sulfonamides is 1. The Morgan fingerprint density at radius 2 is 1.75 bits per heavy atom. The Kier molecular flexibility index (Phi) is 6.43. The lowest BCUT2D eigenvalue weighted by molar-refractivity contribution is -0.385. The second-order valence-corrected chi connectivity index (χ2v) is 8.90. The van der Waals surface area contributed by atoms with Crippen LogP contribution in [0.3, 0.4) is 0 Å². The van der Waals surface area contributed by atoms with Gasteiger partial charge in [0.2, 0.25) is 10.0 Å². The molecular formula is C20H25N3O4S. The quantitative estimate of drug-likeness (QED) is 0.565. The number of nitro groups is 1. The van der Waals surface area contributed by atoms with Crippen LogP contribution in [0.2, 0.25) is 0 Å². The van der Waals surface area contributed by atoms with Gasteiger partial charge in [-0.3, -0.25) is 15.0 Å². The SMILES string of the molecule is Cc1ccc(S(=O)(=O)NCc2ccccc2CN2CCCCC2)cc1[N+](=O)[O-]. The van der Waals surface area contributed by atoms with Crippen molar-refractivity contribution in [3.8, 4) is 0 Å². The van der Waals surface area contributed by atoms with Crippen LogP contribution < -0.4 is 4.72 Å². The van der Waals surface area contributed by atoms with Crippen molar-refractivity contribution in [2.45, 2.75) is 44.2 Å². The van der Waals surface area contributed by atoms with Crippen LogP contribution in [0, 0.1) is 17.0 Å². The van der Waals surface area contributed by atoms with Crippen molar-refractivity contribution in [3.63, 3.8) is 0 Å². The molecular weight excluding hydrogens is 378 g/mol. The molecule has 1 heterocycles. The second kappa shape index (κ2) is 8.81. The minimum atomic E-state index is -3.85. The smallest absolute Gasteiger partial charge is 0.273 e. The third-order valence-electron chi connectivity index (χ3n) is 5.10. The molecule has 150 valence electrons. The fraction of sp³-hybridized carbons (Fsp3) is 0.400. The van der Waals surface area contributed by atoms with Crippen molar-refractivity contribution in [2.24, 2.45) is 0 Å². The molecule has 1 saturated heterocycles. The molecule has 0 radical (unpaired) electrons. The summed E-state index contributed by atoms with van der Waals surface area (Å²) in [5.74, 6) is 0. The summed E-state index contributed by atoms with van der Waals surface area (Å²) in [7, 11) is -3.85. The van der Waals surface area contributed by atoms with Gasteiger partial charge in [0.15, 0.2) is 0 Å². The van der Waals surface area contributed by atoms with E-state index in [9.17, 15) is 18.5 Å². The van der Waals surface area contributed by atoms with Crippen LogP contribution in [0.4, 0.5) is 5.69 Å². The Morgan fingerprint density at radius 1 is 1.07 bits per heavy atom. The molecule has 0 spiro atoms. The average molecular weight is 404 g/mol. The van der Waals surface area contributed by atoms with Crippen LogP contribution in [-0.2, 0) is 23.1 Å². The fourth-order valence-corrected chi connectivity index (χ4v) is 4.48. The number of nitrogens with zero attached hydrogens (tertiary/aromatic N) is 2. The lowest BCUT2D eigenvalue weighted by Gasteiger charge is -2.27. The molecule has 3 rings (SSSR count). The highest BCUT2D eigenvalue weighted by molar-refractivity contribution is 7.89. The molecule has 0 bridgehead atoms. The van der Waals surface area contributed by atoms with Gasteiger partial charge in [0.05, 0.1) is 9.82 Å². The average Bonchev–Trinajstić information content (AvgIpc) is 2.68. The molecule has 28 heavy (non-hydrogen) atoms. The molecule has 0 saturated carbocycles. The highest BCUT2D eigenvalue weighted by Crippen LogP contribution is 2.23. The molecule has 8 heteroatoms. The van der Waals surface area contributed by atoms with Crippen molar-refractivity contribution in [1.82, 2.24) is 9.62 Å². The molecule has 1 N–H and O–H groups in total. The largest absolute Gasteiger partial charge is 0.299 e. The third-order valence-corrected chi connectivity index (χ3v) is 6.50. The number of nitro benzene ring substituents is 1. The number of likely N-dealkylation sites (tertiary alicyclic amines) is 1. The first-order chi connectivity index (χ1) is 13.4. The number of benzene rings is 2. The summed E-state index contributed by atoms with van der Waals surface area (Å²) in [4.78, 5) is 12.8. The fourth-order valence-electron chi connectivity index (χ4n) is 3.45. The highest BCUT2D eigenvalue weighted by atomic mass is 32.2. The van der Waals surface area contributed by atoms with Crippen molar-refractivity contribution in [2.75, 3.05) is 13.1 Å². The zero-order valence-electron chi connectivity index (χ0n) is 15.9. The molecule has 2 aromatic rings. The molecule has 0 aliphatic carbocycles. The zero-order valence-corrected chi connectivity index (χ0v) is 16.7. The molecule has 0 unspecified atom stereocenters. The van der Waals surface area contributed by atoms with E-state index in [1.165, 1.54) is 31.4 Å². The Balaban J connectivity index is 1.74. The minimum absolute atomic E-state index is 0.0988. The first-order valence-corrected chi connectivity index (χ1v) is 10.9. The topological polar surface area (TPSA) is 92.6 Å². The van der Waals surface area contributed by atoms with Gasteiger partial charge in [-0.05, 0) is 50.0 Å². The summed E-state index contributed by atoms with van der Waals surface area (Å²) in [5, 5.41) is 11.1. The lowest BCUT2D eigenvalue weighted by Crippen LogP contribution is -2.30. The van der Waals surface area contributed by atoms with Gasteiger partial charge < -0.3 is 0 Å². The van der Waals surface area contributed by atoms with Gasteiger partial charge in [0, 0.05) is 24.7 Å². The maximum absolute atomic E-state index is 12.6. The molecule has 1 aliphatic heterocycles. The molecule has 0 atom stereocenters. The molecule has 0 amide bonds. The van der Waals surface area contributed by atoms with Crippen molar-refractivity contribution in [1.29, 1.82) is 0 Å². The van der Waals surface area contributed by atoms with Crippen LogP contribution in [0.15, 0.2) is 47.4 Å². The molecule has 1 fully saturated rings. The Morgan fingerprint density at radius 3 is 2.43 bits per heavy atom. The number of rotatable bonds is 7. The number of piperidine rings is 1. The second-order valence-electron chi connectivity index (χ2n) is 7.14. The van der Waals surface area contributed by atoms with Crippen molar-refractivity contribution in [3.05, 3.63) is 69.3 Å². The van der Waals surface area contributed by atoms with Gasteiger partial charge in [-0.2, -0.15) is 0 Å².